The van der Waals surface area contributed by atoms with Crippen molar-refractivity contribution in [2.75, 3.05) is 43.4 Å². The number of carbonyl (C=O) groups is 2. The van der Waals surface area contributed by atoms with Gasteiger partial charge in [0.25, 0.3) is 5.91 Å². The third kappa shape index (κ3) is 4.89. The van der Waals surface area contributed by atoms with Crippen molar-refractivity contribution in [1.29, 1.82) is 0 Å². The second kappa shape index (κ2) is 9.10. The van der Waals surface area contributed by atoms with Crippen molar-refractivity contribution in [2.45, 2.75) is 0 Å². The van der Waals surface area contributed by atoms with Crippen molar-refractivity contribution >= 4 is 35.6 Å². The van der Waals surface area contributed by atoms with Gasteiger partial charge in [-0.1, -0.05) is 18.2 Å². The van der Waals surface area contributed by atoms with Crippen LogP contribution in [0.15, 0.2) is 54.6 Å². The summed E-state index contributed by atoms with van der Waals surface area (Å²) < 4.78 is 0. The maximum absolute atomic E-state index is 12.3. The van der Waals surface area contributed by atoms with Gasteiger partial charge in [0.2, 0.25) is 5.91 Å². The van der Waals surface area contributed by atoms with E-state index in [1.807, 2.05) is 18.2 Å². The highest BCUT2D eigenvalue weighted by atomic mass is 35.5. The van der Waals surface area contributed by atoms with E-state index in [0.717, 1.165) is 13.1 Å². The zero-order chi connectivity index (χ0) is 17.6. The minimum atomic E-state index is -0.267. The van der Waals surface area contributed by atoms with Gasteiger partial charge in [-0.25, -0.2) is 0 Å². The van der Waals surface area contributed by atoms with E-state index in [9.17, 15) is 9.59 Å². The number of rotatable bonds is 4. The summed E-state index contributed by atoms with van der Waals surface area (Å²) in [7, 11) is 0. The first-order valence-electron chi connectivity index (χ1n) is 8.35. The van der Waals surface area contributed by atoms with Crippen molar-refractivity contribution in [3.05, 3.63) is 60.2 Å². The number of para-hydroxylation sites is 1. The highest BCUT2D eigenvalue weighted by Crippen LogP contribution is 2.15. The molecule has 7 heteroatoms. The SMILES string of the molecule is Cl.Nc1ccc(C(=O)NCC(=O)N2CCN(c3ccccc3)CC2)cc1. The van der Waals surface area contributed by atoms with Gasteiger partial charge >= 0.3 is 0 Å². The Morgan fingerprint density at radius 3 is 2.15 bits per heavy atom. The molecule has 2 aromatic rings. The molecule has 2 aromatic carbocycles. The standard InChI is InChI=1S/C19H22N4O2.ClH/c20-16-8-6-15(7-9-16)19(25)21-14-18(24)23-12-10-22(11-13-23)17-4-2-1-3-5-17;/h1-9H,10-14,20H2,(H,21,25);1H. The minimum absolute atomic E-state index is 0. The molecule has 0 radical (unpaired) electrons. The Labute approximate surface area is 159 Å². The molecular weight excluding hydrogens is 352 g/mol. The molecule has 0 bridgehead atoms. The fourth-order valence-corrected chi connectivity index (χ4v) is 2.86. The molecule has 3 N–H and O–H groups in total. The molecule has 26 heavy (non-hydrogen) atoms. The molecule has 1 fully saturated rings. The maximum Gasteiger partial charge on any atom is 0.251 e. The normalized spacial score (nSPS) is 13.7. The summed E-state index contributed by atoms with van der Waals surface area (Å²) in [5, 5.41) is 2.67. The van der Waals surface area contributed by atoms with Crippen LogP contribution in [-0.4, -0.2) is 49.4 Å². The molecule has 2 amide bonds. The van der Waals surface area contributed by atoms with E-state index < -0.39 is 0 Å². The topological polar surface area (TPSA) is 78.7 Å². The van der Waals surface area contributed by atoms with E-state index in [1.165, 1.54) is 5.69 Å². The van der Waals surface area contributed by atoms with Crippen LogP contribution < -0.4 is 16.0 Å². The number of benzene rings is 2. The smallest absolute Gasteiger partial charge is 0.251 e. The number of carbonyl (C=O) groups excluding carboxylic acids is 2. The Kier molecular flexibility index (Phi) is 6.86. The van der Waals surface area contributed by atoms with E-state index in [2.05, 4.69) is 22.3 Å². The number of piperazine rings is 1. The summed E-state index contributed by atoms with van der Waals surface area (Å²) in [4.78, 5) is 28.4. The highest BCUT2D eigenvalue weighted by Gasteiger charge is 2.21. The number of nitrogen functional groups attached to an aromatic ring is 1. The molecule has 1 saturated heterocycles. The lowest BCUT2D eigenvalue weighted by atomic mass is 10.2. The predicted molar refractivity (Wildman–Crippen MR) is 106 cm³/mol. The van der Waals surface area contributed by atoms with Crippen molar-refractivity contribution < 1.29 is 9.59 Å². The van der Waals surface area contributed by atoms with Crippen LogP contribution >= 0.6 is 12.4 Å². The van der Waals surface area contributed by atoms with E-state index in [-0.39, 0.29) is 30.8 Å². The van der Waals surface area contributed by atoms with Gasteiger partial charge in [0.05, 0.1) is 6.54 Å². The second-order valence-corrected chi connectivity index (χ2v) is 6.01. The van der Waals surface area contributed by atoms with E-state index in [1.54, 1.807) is 29.2 Å². The van der Waals surface area contributed by atoms with Gasteiger partial charge in [-0.3, -0.25) is 9.59 Å². The summed E-state index contributed by atoms with van der Waals surface area (Å²) in [5.74, 6) is -0.326. The van der Waals surface area contributed by atoms with Crippen LogP contribution in [0.4, 0.5) is 11.4 Å². The largest absolute Gasteiger partial charge is 0.399 e. The van der Waals surface area contributed by atoms with Crippen LogP contribution in [0.2, 0.25) is 0 Å². The molecule has 1 heterocycles. The number of hydrogen-bond donors (Lipinski definition) is 2. The summed E-state index contributed by atoms with van der Waals surface area (Å²) in [6.07, 6.45) is 0. The number of nitrogens with zero attached hydrogens (tertiary/aromatic N) is 2. The minimum Gasteiger partial charge on any atom is -0.399 e. The Hall–Kier alpha value is -2.73. The first-order valence-corrected chi connectivity index (χ1v) is 8.35. The zero-order valence-electron chi connectivity index (χ0n) is 14.4. The van der Waals surface area contributed by atoms with E-state index >= 15 is 0 Å². The van der Waals surface area contributed by atoms with Crippen molar-refractivity contribution in [3.63, 3.8) is 0 Å². The van der Waals surface area contributed by atoms with Gasteiger partial charge in [-0.15, -0.1) is 12.4 Å². The molecule has 0 saturated carbocycles. The monoisotopic (exact) mass is 374 g/mol. The molecule has 1 aliphatic heterocycles. The number of anilines is 2. The number of amides is 2. The Balaban J connectivity index is 0.00000243. The Morgan fingerprint density at radius 1 is 0.923 bits per heavy atom. The highest BCUT2D eigenvalue weighted by molar-refractivity contribution is 5.96. The van der Waals surface area contributed by atoms with Gasteiger partial charge in [0.15, 0.2) is 0 Å². The fraction of sp³-hybridized carbons (Fsp3) is 0.263. The number of halogens is 1. The summed E-state index contributed by atoms with van der Waals surface area (Å²) in [6.45, 7) is 2.91. The molecule has 0 atom stereocenters. The average Bonchev–Trinajstić information content (AvgIpc) is 2.67. The first kappa shape index (κ1) is 19.6. The van der Waals surface area contributed by atoms with Gasteiger partial charge in [0.1, 0.15) is 0 Å². The molecule has 138 valence electrons. The molecule has 6 nitrogen and oxygen atoms in total. The average molecular weight is 375 g/mol. The third-order valence-electron chi connectivity index (χ3n) is 4.33. The predicted octanol–water partition coefficient (Wildman–Crippen LogP) is 1.77. The molecule has 0 spiro atoms. The van der Waals surface area contributed by atoms with Gasteiger partial charge in [0, 0.05) is 43.1 Å². The fourth-order valence-electron chi connectivity index (χ4n) is 2.86. The molecule has 0 aliphatic carbocycles. The van der Waals surface area contributed by atoms with Crippen LogP contribution in [-0.2, 0) is 4.79 Å². The number of nitrogens with one attached hydrogen (secondary N) is 1. The Bertz CT molecular complexity index is 729. The maximum atomic E-state index is 12.3. The summed E-state index contributed by atoms with van der Waals surface area (Å²) in [6, 6.07) is 16.8. The quantitative estimate of drug-likeness (QED) is 0.799. The lowest BCUT2D eigenvalue weighted by Crippen LogP contribution is -2.51. The Morgan fingerprint density at radius 2 is 1.54 bits per heavy atom. The lowest BCUT2D eigenvalue weighted by Gasteiger charge is -2.36. The number of hydrogen-bond acceptors (Lipinski definition) is 4. The van der Waals surface area contributed by atoms with Gasteiger partial charge in [-0.05, 0) is 36.4 Å². The van der Waals surface area contributed by atoms with Crippen molar-refractivity contribution in [1.82, 2.24) is 10.2 Å². The summed E-state index contributed by atoms with van der Waals surface area (Å²) in [5.41, 5.74) is 7.87. The molecule has 0 unspecified atom stereocenters. The first-order chi connectivity index (χ1) is 12.1. The van der Waals surface area contributed by atoms with Gasteiger partial charge < -0.3 is 20.9 Å². The van der Waals surface area contributed by atoms with E-state index in [0.29, 0.717) is 24.3 Å². The molecule has 1 aliphatic rings. The lowest BCUT2D eigenvalue weighted by molar-refractivity contribution is -0.130. The van der Waals surface area contributed by atoms with Crippen LogP contribution in [0.3, 0.4) is 0 Å². The second-order valence-electron chi connectivity index (χ2n) is 6.01. The summed E-state index contributed by atoms with van der Waals surface area (Å²) >= 11 is 0. The van der Waals surface area contributed by atoms with Crippen LogP contribution in [0.5, 0.6) is 0 Å². The van der Waals surface area contributed by atoms with Crippen LogP contribution in [0.25, 0.3) is 0 Å². The van der Waals surface area contributed by atoms with Crippen LogP contribution in [0, 0.1) is 0 Å². The van der Waals surface area contributed by atoms with Gasteiger partial charge in [-0.2, -0.15) is 0 Å². The third-order valence-corrected chi connectivity index (χ3v) is 4.33. The molecule has 0 aromatic heterocycles. The van der Waals surface area contributed by atoms with Crippen molar-refractivity contribution in [2.24, 2.45) is 0 Å². The van der Waals surface area contributed by atoms with Crippen LogP contribution in [0.1, 0.15) is 10.4 Å². The zero-order valence-corrected chi connectivity index (χ0v) is 15.2. The number of nitrogens with two attached hydrogens (primary N) is 1. The van der Waals surface area contributed by atoms with E-state index in [4.69, 9.17) is 5.73 Å². The molecular formula is C19H23ClN4O2. The molecule has 3 rings (SSSR count). The van der Waals surface area contributed by atoms with Crippen molar-refractivity contribution in [3.8, 4) is 0 Å².